The lowest BCUT2D eigenvalue weighted by Crippen LogP contribution is -2.06. The third-order valence-corrected chi connectivity index (χ3v) is 5.99. The van der Waals surface area contributed by atoms with Crippen LogP contribution in [-0.2, 0) is 19.1 Å². The maximum Gasteiger partial charge on any atom is 0.331 e. The summed E-state index contributed by atoms with van der Waals surface area (Å²) in [6, 6.07) is 0. The van der Waals surface area contributed by atoms with Gasteiger partial charge in [-0.05, 0) is 36.5 Å². The van der Waals surface area contributed by atoms with E-state index in [4.69, 9.17) is 9.47 Å². The van der Waals surface area contributed by atoms with Gasteiger partial charge < -0.3 is 9.47 Å². The quantitative estimate of drug-likeness (QED) is 0.0991. The molecule has 0 aromatic heterocycles. The number of rotatable bonds is 20. The number of ether oxygens (including phenoxy) is 2. The molecule has 4 heteroatoms. The molecule has 0 amide bonds. The van der Waals surface area contributed by atoms with Crippen LogP contribution in [0.4, 0.5) is 0 Å². The molecule has 4 nitrogen and oxygen atoms in total. The van der Waals surface area contributed by atoms with Crippen LogP contribution in [0.2, 0.25) is 0 Å². The molecular weight excluding hydrogens is 424 g/mol. The van der Waals surface area contributed by atoms with E-state index < -0.39 is 11.9 Å². The lowest BCUT2D eigenvalue weighted by Gasteiger charge is -2.17. The first kappa shape index (κ1) is 32.7. The third kappa shape index (κ3) is 26.9. The minimum absolute atomic E-state index is 0.415. The Morgan fingerprint density at radius 2 is 0.735 bits per heavy atom. The molecule has 0 heterocycles. The molecule has 0 saturated carbocycles. The molecule has 0 unspecified atom stereocenters. The van der Waals surface area contributed by atoms with Gasteiger partial charge in [-0.15, -0.1) is 0 Å². The second-order valence-corrected chi connectivity index (χ2v) is 12.2. The zero-order chi connectivity index (χ0) is 25.7. The fraction of sp³-hybridized carbons (Fsp3) is 0.867. The Balaban J connectivity index is 3.47. The summed E-state index contributed by atoms with van der Waals surface area (Å²) >= 11 is 0. The molecule has 0 radical (unpaired) electrons. The van der Waals surface area contributed by atoms with E-state index in [1.54, 1.807) is 0 Å². The summed E-state index contributed by atoms with van der Waals surface area (Å²) in [7, 11) is 0. The highest BCUT2D eigenvalue weighted by molar-refractivity contribution is 5.91. The number of unbranched alkanes of at least 4 members (excludes halogenated alkanes) is 12. The van der Waals surface area contributed by atoms with E-state index in [1.165, 1.54) is 89.2 Å². The minimum Gasteiger partial charge on any atom is -0.463 e. The normalized spacial score (nSPS) is 12.3. The molecular formula is C30H56O4. The first-order valence-corrected chi connectivity index (χ1v) is 14.0. The lowest BCUT2D eigenvalue weighted by atomic mass is 9.89. The fourth-order valence-corrected chi connectivity index (χ4v) is 3.86. The predicted molar refractivity (Wildman–Crippen MR) is 144 cm³/mol. The van der Waals surface area contributed by atoms with Crippen molar-refractivity contribution in [3.63, 3.8) is 0 Å². The first-order valence-electron chi connectivity index (χ1n) is 14.0. The van der Waals surface area contributed by atoms with Gasteiger partial charge in [0.1, 0.15) is 0 Å². The smallest absolute Gasteiger partial charge is 0.331 e. The molecule has 0 aliphatic carbocycles. The molecule has 0 saturated heterocycles. The minimum atomic E-state index is -0.467. The van der Waals surface area contributed by atoms with E-state index >= 15 is 0 Å². The Labute approximate surface area is 211 Å². The summed E-state index contributed by atoms with van der Waals surface area (Å²) in [5.41, 5.74) is 0.889. The zero-order valence-corrected chi connectivity index (χ0v) is 23.5. The molecule has 200 valence electrons. The molecule has 0 aliphatic rings. The molecule has 0 aromatic rings. The van der Waals surface area contributed by atoms with Gasteiger partial charge in [-0.25, -0.2) is 9.59 Å². The Kier molecular flexibility index (Phi) is 19.2. The lowest BCUT2D eigenvalue weighted by molar-refractivity contribution is -0.140. The van der Waals surface area contributed by atoms with Gasteiger partial charge in [0.2, 0.25) is 0 Å². The molecule has 0 atom stereocenters. The van der Waals surface area contributed by atoms with Gasteiger partial charge in [0.25, 0.3) is 0 Å². The summed E-state index contributed by atoms with van der Waals surface area (Å²) in [6.07, 6.45) is 21.6. The molecule has 0 spiro atoms. The Morgan fingerprint density at radius 3 is 1.03 bits per heavy atom. The van der Waals surface area contributed by atoms with Crippen molar-refractivity contribution in [3.05, 3.63) is 12.2 Å². The van der Waals surface area contributed by atoms with Crippen LogP contribution >= 0.6 is 0 Å². The van der Waals surface area contributed by atoms with Crippen molar-refractivity contribution in [2.45, 2.75) is 144 Å². The average Bonchev–Trinajstić information content (AvgIpc) is 2.73. The highest BCUT2D eigenvalue weighted by Gasteiger charge is 2.09. The van der Waals surface area contributed by atoms with Gasteiger partial charge in [0, 0.05) is 12.2 Å². The monoisotopic (exact) mass is 480 g/mol. The summed E-state index contributed by atoms with van der Waals surface area (Å²) < 4.78 is 10.3. The van der Waals surface area contributed by atoms with Crippen LogP contribution in [0, 0.1) is 10.8 Å². The summed E-state index contributed by atoms with van der Waals surface area (Å²) in [5.74, 6) is -0.934. The number of esters is 2. The number of carbonyl (C=O) groups is 2. The number of hydrogen-bond donors (Lipinski definition) is 0. The molecule has 0 aromatic carbocycles. The van der Waals surface area contributed by atoms with Crippen LogP contribution < -0.4 is 0 Å². The van der Waals surface area contributed by atoms with Crippen LogP contribution in [0.5, 0.6) is 0 Å². The Hall–Kier alpha value is -1.32. The first-order chi connectivity index (χ1) is 16.0. The van der Waals surface area contributed by atoms with Crippen LogP contribution in [0.25, 0.3) is 0 Å². The van der Waals surface area contributed by atoms with Gasteiger partial charge in [-0.1, -0.05) is 119 Å². The number of carbonyl (C=O) groups excluding carboxylic acids is 2. The summed E-state index contributed by atoms with van der Waals surface area (Å²) in [4.78, 5) is 23.4. The molecule has 0 rings (SSSR count). The second-order valence-electron chi connectivity index (χ2n) is 12.2. The Morgan fingerprint density at radius 1 is 0.471 bits per heavy atom. The van der Waals surface area contributed by atoms with Gasteiger partial charge in [-0.3, -0.25) is 0 Å². The summed E-state index contributed by atoms with van der Waals surface area (Å²) in [5, 5.41) is 0. The molecule has 34 heavy (non-hydrogen) atoms. The van der Waals surface area contributed by atoms with Crippen LogP contribution in [0.3, 0.4) is 0 Å². The van der Waals surface area contributed by atoms with E-state index in [1.807, 2.05) is 0 Å². The van der Waals surface area contributed by atoms with Gasteiger partial charge >= 0.3 is 11.9 Å². The summed E-state index contributed by atoms with van der Waals surface area (Å²) in [6.45, 7) is 14.6. The van der Waals surface area contributed by atoms with E-state index in [-0.39, 0.29) is 0 Å². The van der Waals surface area contributed by atoms with Crippen LogP contribution in [0.15, 0.2) is 12.2 Å². The largest absolute Gasteiger partial charge is 0.463 e. The predicted octanol–water partition coefficient (Wildman–Crippen LogP) is 8.96. The van der Waals surface area contributed by atoms with E-state index in [0.717, 1.165) is 25.7 Å². The number of hydrogen-bond acceptors (Lipinski definition) is 4. The topological polar surface area (TPSA) is 52.6 Å². The molecule has 0 aliphatic heterocycles. The van der Waals surface area contributed by atoms with Crippen LogP contribution in [-0.4, -0.2) is 25.2 Å². The second kappa shape index (κ2) is 19.9. The van der Waals surface area contributed by atoms with E-state index in [2.05, 4.69) is 41.5 Å². The van der Waals surface area contributed by atoms with Gasteiger partial charge in [0.15, 0.2) is 0 Å². The zero-order valence-electron chi connectivity index (χ0n) is 23.5. The maximum atomic E-state index is 11.7. The van der Waals surface area contributed by atoms with Crippen molar-refractivity contribution >= 4 is 11.9 Å². The standard InChI is InChI=1S/C30H56O4/c1-29(2,3)23-17-13-9-7-11-15-19-25-33-27(31)21-22-28(32)34-26-20-16-12-8-10-14-18-24-30(4,5)6/h21-22H,7-20,23-26H2,1-6H3/b22-21+. The molecule has 0 N–H and O–H groups in total. The fourth-order valence-electron chi connectivity index (χ4n) is 3.86. The van der Waals surface area contributed by atoms with Crippen molar-refractivity contribution in [2.75, 3.05) is 13.2 Å². The van der Waals surface area contributed by atoms with Gasteiger partial charge in [-0.2, -0.15) is 0 Å². The van der Waals surface area contributed by atoms with Crippen molar-refractivity contribution in [1.29, 1.82) is 0 Å². The average molecular weight is 481 g/mol. The van der Waals surface area contributed by atoms with Crippen molar-refractivity contribution in [1.82, 2.24) is 0 Å². The van der Waals surface area contributed by atoms with Crippen molar-refractivity contribution in [2.24, 2.45) is 10.8 Å². The molecule has 0 fully saturated rings. The van der Waals surface area contributed by atoms with E-state index in [0.29, 0.717) is 24.0 Å². The molecule has 0 bridgehead atoms. The highest BCUT2D eigenvalue weighted by atomic mass is 16.5. The van der Waals surface area contributed by atoms with Crippen molar-refractivity contribution in [3.8, 4) is 0 Å². The maximum absolute atomic E-state index is 11.7. The van der Waals surface area contributed by atoms with Crippen LogP contribution in [0.1, 0.15) is 144 Å². The third-order valence-electron chi connectivity index (χ3n) is 5.99. The van der Waals surface area contributed by atoms with Crippen molar-refractivity contribution < 1.29 is 19.1 Å². The SMILES string of the molecule is CC(C)(C)CCCCCCCCCOC(=O)/C=C/C(=O)OCCCCCCCCCC(C)(C)C. The highest BCUT2D eigenvalue weighted by Crippen LogP contribution is 2.23. The van der Waals surface area contributed by atoms with Gasteiger partial charge in [0.05, 0.1) is 13.2 Å². The van der Waals surface area contributed by atoms with E-state index in [9.17, 15) is 9.59 Å². The Bertz CT molecular complexity index is 489.